The lowest BCUT2D eigenvalue weighted by Gasteiger charge is -2.19. The standard InChI is InChI=1S/C40H37N3O6/c44-35-18-16-33(34-17-19-37(46)42-39(34)35)36(45)25-41-24-27-6-4-9-30(22-27)28-14-12-26(13-15-28)20-21-49-32-11-5-10-31(23-32)38(43-40(47)48)29-7-2-1-3-8-29/h1-19,22-23,36,38,41,43-45H,20-21,24-25H2,(H,42,46)(H,47,48). The average Bonchev–Trinajstić information content (AvgIpc) is 3.12. The minimum atomic E-state index is -1.09. The minimum absolute atomic E-state index is 0.0396. The number of aromatic hydroxyl groups is 1. The van der Waals surface area contributed by atoms with E-state index in [2.05, 4.69) is 52.0 Å². The molecular weight excluding hydrogens is 618 g/mol. The monoisotopic (exact) mass is 655 g/mol. The maximum absolute atomic E-state index is 11.7. The first-order valence-corrected chi connectivity index (χ1v) is 16.0. The summed E-state index contributed by atoms with van der Waals surface area (Å²) in [5.41, 5.74) is 6.62. The van der Waals surface area contributed by atoms with Crippen LogP contribution in [-0.4, -0.2) is 39.5 Å². The van der Waals surface area contributed by atoms with Gasteiger partial charge in [-0.25, -0.2) is 4.79 Å². The van der Waals surface area contributed by atoms with Crippen LogP contribution in [0.15, 0.2) is 132 Å². The predicted octanol–water partition coefficient (Wildman–Crippen LogP) is 6.70. The molecule has 6 N–H and O–H groups in total. The number of aliphatic hydroxyl groups is 1. The molecule has 0 fully saturated rings. The number of ether oxygens (including phenoxy) is 1. The summed E-state index contributed by atoms with van der Waals surface area (Å²) in [7, 11) is 0. The first-order valence-electron chi connectivity index (χ1n) is 16.0. The summed E-state index contributed by atoms with van der Waals surface area (Å²) >= 11 is 0. The van der Waals surface area contributed by atoms with Crippen molar-refractivity contribution in [1.82, 2.24) is 15.6 Å². The molecule has 6 rings (SSSR count). The third-order valence-electron chi connectivity index (χ3n) is 8.40. The van der Waals surface area contributed by atoms with Gasteiger partial charge in [-0.15, -0.1) is 0 Å². The molecule has 0 aliphatic carbocycles. The van der Waals surface area contributed by atoms with Crippen molar-refractivity contribution < 1.29 is 24.9 Å². The molecule has 0 saturated heterocycles. The molecule has 248 valence electrons. The molecule has 9 nitrogen and oxygen atoms in total. The molecule has 6 aromatic rings. The largest absolute Gasteiger partial charge is 0.506 e. The van der Waals surface area contributed by atoms with E-state index in [9.17, 15) is 24.9 Å². The fourth-order valence-corrected chi connectivity index (χ4v) is 5.94. The van der Waals surface area contributed by atoms with Gasteiger partial charge in [0.05, 0.1) is 24.3 Å². The Hall–Kier alpha value is -5.90. The summed E-state index contributed by atoms with van der Waals surface area (Å²) in [6, 6.07) is 39.2. The normalized spacial score (nSPS) is 12.3. The zero-order chi connectivity index (χ0) is 34.2. The highest BCUT2D eigenvalue weighted by Crippen LogP contribution is 2.29. The molecule has 0 aliphatic heterocycles. The second-order valence-electron chi connectivity index (χ2n) is 11.8. The maximum Gasteiger partial charge on any atom is 0.405 e. The van der Waals surface area contributed by atoms with Gasteiger partial charge in [-0.3, -0.25) is 4.79 Å². The second-order valence-corrected chi connectivity index (χ2v) is 11.8. The molecule has 0 bridgehead atoms. The Balaban J connectivity index is 1.02. The van der Waals surface area contributed by atoms with Crippen molar-refractivity contribution in [1.29, 1.82) is 0 Å². The summed E-state index contributed by atoms with van der Waals surface area (Å²) < 4.78 is 6.06. The van der Waals surface area contributed by atoms with Crippen molar-refractivity contribution in [3.8, 4) is 22.6 Å². The lowest BCUT2D eigenvalue weighted by Crippen LogP contribution is -2.27. The van der Waals surface area contributed by atoms with Crippen LogP contribution in [0.5, 0.6) is 11.5 Å². The van der Waals surface area contributed by atoms with Crippen LogP contribution in [0.2, 0.25) is 0 Å². The molecule has 2 unspecified atom stereocenters. The van der Waals surface area contributed by atoms with Crippen molar-refractivity contribution in [3.63, 3.8) is 0 Å². The number of benzene rings is 5. The van der Waals surface area contributed by atoms with Gasteiger partial charge in [-0.05, 0) is 69.3 Å². The zero-order valence-corrected chi connectivity index (χ0v) is 26.7. The Morgan fingerprint density at radius 2 is 1.55 bits per heavy atom. The zero-order valence-electron chi connectivity index (χ0n) is 26.7. The number of carboxylic acid groups (broad SMARTS) is 1. The van der Waals surface area contributed by atoms with Crippen LogP contribution >= 0.6 is 0 Å². The van der Waals surface area contributed by atoms with Crippen LogP contribution in [-0.2, 0) is 13.0 Å². The van der Waals surface area contributed by atoms with Crippen LogP contribution in [0.4, 0.5) is 4.79 Å². The minimum Gasteiger partial charge on any atom is -0.506 e. The van der Waals surface area contributed by atoms with E-state index in [0.717, 1.165) is 33.4 Å². The number of carbonyl (C=O) groups is 1. The fraction of sp³-hybridized carbons (Fsp3) is 0.150. The van der Waals surface area contributed by atoms with Gasteiger partial charge in [-0.1, -0.05) is 91.0 Å². The van der Waals surface area contributed by atoms with Gasteiger partial charge < -0.3 is 35.7 Å². The van der Waals surface area contributed by atoms with Crippen molar-refractivity contribution >= 4 is 17.0 Å². The summed E-state index contributed by atoms with van der Waals surface area (Å²) in [5, 5.41) is 36.9. The summed E-state index contributed by atoms with van der Waals surface area (Å²) in [5.74, 6) is 0.634. The van der Waals surface area contributed by atoms with Crippen LogP contribution in [0.1, 0.15) is 40.0 Å². The highest BCUT2D eigenvalue weighted by molar-refractivity contribution is 5.87. The van der Waals surface area contributed by atoms with Gasteiger partial charge in [0.15, 0.2) is 0 Å². The summed E-state index contributed by atoms with van der Waals surface area (Å²) in [6.45, 7) is 1.31. The fourth-order valence-electron chi connectivity index (χ4n) is 5.94. The molecule has 1 amide bonds. The smallest absolute Gasteiger partial charge is 0.405 e. The van der Waals surface area contributed by atoms with Crippen LogP contribution < -0.4 is 20.9 Å². The predicted molar refractivity (Wildman–Crippen MR) is 190 cm³/mol. The van der Waals surface area contributed by atoms with Gasteiger partial charge >= 0.3 is 6.09 Å². The van der Waals surface area contributed by atoms with E-state index in [1.165, 1.54) is 12.1 Å². The van der Waals surface area contributed by atoms with Crippen molar-refractivity contribution in [2.24, 2.45) is 0 Å². The molecule has 0 radical (unpaired) electrons. The number of pyridine rings is 1. The molecule has 1 heterocycles. The SMILES string of the molecule is O=C(O)NC(c1ccccc1)c1cccc(OCCc2ccc(-c3cccc(CNCC(O)c4ccc(O)c5[nH]c(=O)ccc45)c3)cc2)c1. The van der Waals surface area contributed by atoms with E-state index in [4.69, 9.17) is 4.74 Å². The summed E-state index contributed by atoms with van der Waals surface area (Å²) in [4.78, 5) is 25.8. The average molecular weight is 656 g/mol. The molecule has 2 atom stereocenters. The Morgan fingerprint density at radius 3 is 2.35 bits per heavy atom. The number of aromatic nitrogens is 1. The third-order valence-corrected chi connectivity index (χ3v) is 8.40. The first-order chi connectivity index (χ1) is 23.8. The number of hydrogen-bond donors (Lipinski definition) is 6. The second kappa shape index (κ2) is 15.3. The van der Waals surface area contributed by atoms with Gasteiger partial charge in [0, 0.05) is 31.0 Å². The van der Waals surface area contributed by atoms with Crippen LogP contribution in [0.25, 0.3) is 22.0 Å². The lowest BCUT2D eigenvalue weighted by molar-refractivity contribution is 0.176. The van der Waals surface area contributed by atoms with E-state index in [1.54, 1.807) is 12.1 Å². The quantitative estimate of drug-likeness (QED) is 0.0812. The number of fused-ring (bicyclic) bond motifs is 1. The lowest BCUT2D eigenvalue weighted by atomic mass is 9.98. The Bertz CT molecular complexity index is 2100. The van der Waals surface area contributed by atoms with E-state index in [1.807, 2.05) is 66.7 Å². The van der Waals surface area contributed by atoms with Crippen LogP contribution in [0.3, 0.4) is 0 Å². The highest BCUT2D eigenvalue weighted by Gasteiger charge is 2.17. The van der Waals surface area contributed by atoms with E-state index < -0.39 is 18.2 Å². The molecule has 1 aromatic heterocycles. The molecule has 49 heavy (non-hydrogen) atoms. The topological polar surface area (TPSA) is 144 Å². The molecule has 0 aliphatic rings. The van der Waals surface area contributed by atoms with E-state index in [-0.39, 0.29) is 17.9 Å². The number of amides is 1. The maximum atomic E-state index is 11.7. The van der Waals surface area contributed by atoms with Gasteiger partial charge in [-0.2, -0.15) is 0 Å². The highest BCUT2D eigenvalue weighted by atomic mass is 16.5. The van der Waals surface area contributed by atoms with Crippen molar-refractivity contribution in [3.05, 3.63) is 166 Å². The van der Waals surface area contributed by atoms with Crippen molar-refractivity contribution in [2.75, 3.05) is 13.2 Å². The number of nitrogens with one attached hydrogen (secondary N) is 3. The number of hydrogen-bond acceptors (Lipinski definition) is 6. The van der Waals surface area contributed by atoms with Crippen LogP contribution in [0, 0.1) is 0 Å². The number of phenolic OH excluding ortho intramolecular Hbond substituents is 1. The van der Waals surface area contributed by atoms with E-state index >= 15 is 0 Å². The number of aliphatic hydroxyl groups excluding tert-OH is 1. The number of H-pyrrole nitrogens is 1. The number of rotatable bonds is 13. The molecular formula is C40H37N3O6. The summed E-state index contributed by atoms with van der Waals surface area (Å²) in [6.07, 6.45) is -1.22. The van der Waals surface area contributed by atoms with Gasteiger partial charge in [0.1, 0.15) is 11.5 Å². The third kappa shape index (κ3) is 8.34. The molecule has 0 saturated carbocycles. The number of aromatic amines is 1. The Labute approximate surface area is 283 Å². The van der Waals surface area contributed by atoms with E-state index in [0.29, 0.717) is 41.8 Å². The Morgan fingerprint density at radius 1 is 0.776 bits per heavy atom. The number of phenols is 1. The first kappa shape index (κ1) is 33.0. The molecule has 5 aromatic carbocycles. The molecule has 0 spiro atoms. The molecule has 9 heteroatoms. The van der Waals surface area contributed by atoms with Gasteiger partial charge in [0.2, 0.25) is 5.56 Å². The van der Waals surface area contributed by atoms with Gasteiger partial charge in [0.25, 0.3) is 0 Å². The Kier molecular flexibility index (Phi) is 10.3. The van der Waals surface area contributed by atoms with Crippen molar-refractivity contribution in [2.45, 2.75) is 25.1 Å².